The van der Waals surface area contributed by atoms with Crippen molar-refractivity contribution < 1.29 is 14.3 Å². The van der Waals surface area contributed by atoms with Crippen LogP contribution in [-0.4, -0.2) is 25.0 Å². The van der Waals surface area contributed by atoms with E-state index in [1.54, 1.807) is 43.3 Å². The van der Waals surface area contributed by atoms with Crippen molar-refractivity contribution in [3.63, 3.8) is 0 Å². The molecule has 1 N–H and O–H groups in total. The third-order valence-corrected chi connectivity index (χ3v) is 4.19. The second kappa shape index (κ2) is 8.75. The van der Waals surface area contributed by atoms with Gasteiger partial charge >= 0.3 is 5.97 Å². The summed E-state index contributed by atoms with van der Waals surface area (Å²) in [5.41, 5.74) is 0.896. The predicted molar refractivity (Wildman–Crippen MR) is 90.7 cm³/mol. The van der Waals surface area contributed by atoms with Crippen molar-refractivity contribution in [2.75, 3.05) is 13.2 Å². The van der Waals surface area contributed by atoms with Gasteiger partial charge in [0.05, 0.1) is 11.1 Å². The summed E-state index contributed by atoms with van der Waals surface area (Å²) < 4.78 is 5.05. The molecule has 0 aliphatic rings. The lowest BCUT2D eigenvalue weighted by Gasteiger charge is -2.10. The van der Waals surface area contributed by atoms with Crippen LogP contribution < -0.4 is 5.32 Å². The minimum Gasteiger partial charge on any atom is -0.452 e. The highest BCUT2D eigenvalue weighted by Crippen LogP contribution is 2.32. The maximum atomic E-state index is 12.2. The molecular formula is C18H16N2O3S. The number of nitrogens with one attached hydrogen (secondary N) is 1. The Morgan fingerprint density at radius 2 is 1.79 bits per heavy atom. The van der Waals surface area contributed by atoms with Crippen LogP contribution in [0.15, 0.2) is 58.3 Å². The normalized spacial score (nSPS) is 9.83. The van der Waals surface area contributed by atoms with Gasteiger partial charge in [0.15, 0.2) is 6.61 Å². The Kier molecular flexibility index (Phi) is 6.41. The van der Waals surface area contributed by atoms with Gasteiger partial charge in [0, 0.05) is 16.3 Å². The molecule has 0 saturated heterocycles. The molecule has 0 spiro atoms. The van der Waals surface area contributed by atoms with E-state index >= 15 is 0 Å². The van der Waals surface area contributed by atoms with Crippen molar-refractivity contribution in [2.24, 2.45) is 0 Å². The fourth-order valence-corrected chi connectivity index (χ4v) is 2.96. The molecule has 0 aliphatic carbocycles. The molecule has 0 atom stereocenters. The molecule has 0 heterocycles. The lowest BCUT2D eigenvalue weighted by molar-refractivity contribution is -0.124. The molecule has 0 unspecified atom stereocenters. The lowest BCUT2D eigenvalue weighted by atomic mass is 10.2. The number of amides is 1. The Labute approximate surface area is 144 Å². The van der Waals surface area contributed by atoms with Crippen LogP contribution in [0.4, 0.5) is 0 Å². The van der Waals surface area contributed by atoms with Gasteiger partial charge in [-0.25, -0.2) is 4.79 Å². The number of hydrogen-bond donors (Lipinski definition) is 1. The van der Waals surface area contributed by atoms with E-state index in [2.05, 4.69) is 11.4 Å². The minimum atomic E-state index is -0.571. The zero-order valence-electron chi connectivity index (χ0n) is 13.1. The first kappa shape index (κ1) is 17.6. The van der Waals surface area contributed by atoms with Gasteiger partial charge in [0.1, 0.15) is 6.07 Å². The summed E-state index contributed by atoms with van der Waals surface area (Å²) >= 11 is 1.31. The molecule has 6 heteroatoms. The van der Waals surface area contributed by atoms with Gasteiger partial charge in [0.2, 0.25) is 0 Å². The molecule has 2 aromatic carbocycles. The zero-order chi connectivity index (χ0) is 17.4. The van der Waals surface area contributed by atoms with Gasteiger partial charge in [-0.3, -0.25) is 4.79 Å². The number of hydrogen-bond acceptors (Lipinski definition) is 5. The van der Waals surface area contributed by atoms with Gasteiger partial charge in [-0.1, -0.05) is 36.0 Å². The van der Waals surface area contributed by atoms with Crippen LogP contribution in [0.1, 0.15) is 22.8 Å². The second-order valence-electron chi connectivity index (χ2n) is 4.74. The summed E-state index contributed by atoms with van der Waals surface area (Å²) in [5, 5.41) is 11.7. The van der Waals surface area contributed by atoms with E-state index < -0.39 is 5.97 Å². The Morgan fingerprint density at radius 1 is 1.12 bits per heavy atom. The Balaban J connectivity index is 2.17. The van der Waals surface area contributed by atoms with Gasteiger partial charge < -0.3 is 10.1 Å². The quantitative estimate of drug-likeness (QED) is 0.818. The summed E-state index contributed by atoms with van der Waals surface area (Å²) in [6.45, 7) is 1.95. The number of nitriles is 1. The smallest absolute Gasteiger partial charge is 0.339 e. The Bertz CT molecular complexity index is 784. The van der Waals surface area contributed by atoms with E-state index in [1.807, 2.05) is 12.1 Å². The monoisotopic (exact) mass is 340 g/mol. The standard InChI is InChI=1S/C18H16N2O3S/c1-2-20-17(21)12-23-18(22)14-8-4-6-10-16(14)24-15-9-5-3-7-13(15)11-19/h3-10H,2,12H2,1H3,(H,20,21). The molecule has 0 bridgehead atoms. The van der Waals surface area contributed by atoms with E-state index in [1.165, 1.54) is 11.8 Å². The summed E-state index contributed by atoms with van der Waals surface area (Å²) in [6.07, 6.45) is 0. The number of esters is 1. The van der Waals surface area contributed by atoms with Crippen LogP contribution in [0.25, 0.3) is 0 Å². The molecule has 0 aromatic heterocycles. The Morgan fingerprint density at radius 3 is 2.50 bits per heavy atom. The summed E-state index contributed by atoms with van der Waals surface area (Å²) in [5.74, 6) is -0.912. The molecule has 0 saturated carbocycles. The number of benzene rings is 2. The van der Waals surface area contributed by atoms with Gasteiger partial charge in [-0.2, -0.15) is 5.26 Å². The SMILES string of the molecule is CCNC(=O)COC(=O)c1ccccc1Sc1ccccc1C#N. The second-order valence-corrected chi connectivity index (χ2v) is 5.82. The maximum absolute atomic E-state index is 12.2. The molecule has 1 amide bonds. The highest BCUT2D eigenvalue weighted by molar-refractivity contribution is 7.99. The fourth-order valence-electron chi connectivity index (χ4n) is 1.95. The van der Waals surface area contributed by atoms with Gasteiger partial charge in [-0.15, -0.1) is 0 Å². The van der Waals surface area contributed by atoms with E-state index in [0.717, 1.165) is 4.90 Å². The molecule has 2 rings (SSSR count). The number of carbonyl (C=O) groups excluding carboxylic acids is 2. The number of carbonyl (C=O) groups is 2. The number of rotatable bonds is 6. The first-order valence-electron chi connectivity index (χ1n) is 7.35. The van der Waals surface area contributed by atoms with Crippen LogP contribution in [0.5, 0.6) is 0 Å². The fraction of sp³-hybridized carbons (Fsp3) is 0.167. The van der Waals surface area contributed by atoms with E-state index in [-0.39, 0.29) is 12.5 Å². The molecule has 122 valence electrons. The van der Waals surface area contributed by atoms with E-state index in [9.17, 15) is 14.9 Å². The highest BCUT2D eigenvalue weighted by Gasteiger charge is 2.15. The zero-order valence-corrected chi connectivity index (χ0v) is 13.9. The number of likely N-dealkylation sites (N-methyl/N-ethyl adjacent to an activating group) is 1. The summed E-state index contributed by atoms with van der Waals surface area (Å²) in [4.78, 5) is 25.1. The molecular weight excluding hydrogens is 324 g/mol. The van der Waals surface area contributed by atoms with Crippen molar-refractivity contribution in [3.8, 4) is 6.07 Å². The van der Waals surface area contributed by atoms with Crippen molar-refractivity contribution >= 4 is 23.6 Å². The van der Waals surface area contributed by atoms with Crippen LogP contribution in [-0.2, 0) is 9.53 Å². The van der Waals surface area contributed by atoms with Crippen molar-refractivity contribution in [1.29, 1.82) is 5.26 Å². The third kappa shape index (κ3) is 4.61. The van der Waals surface area contributed by atoms with Gasteiger partial charge in [0.25, 0.3) is 5.91 Å². The predicted octanol–water partition coefficient (Wildman–Crippen LogP) is 3.00. The molecule has 24 heavy (non-hydrogen) atoms. The van der Waals surface area contributed by atoms with Crippen molar-refractivity contribution in [1.82, 2.24) is 5.32 Å². The highest BCUT2D eigenvalue weighted by atomic mass is 32.2. The Hall–Kier alpha value is -2.78. The lowest BCUT2D eigenvalue weighted by Crippen LogP contribution is -2.28. The van der Waals surface area contributed by atoms with Crippen molar-refractivity contribution in [3.05, 3.63) is 59.7 Å². The van der Waals surface area contributed by atoms with Gasteiger partial charge in [-0.05, 0) is 31.2 Å². The van der Waals surface area contributed by atoms with E-state index in [0.29, 0.717) is 22.6 Å². The summed E-state index contributed by atoms with van der Waals surface area (Å²) in [7, 11) is 0. The number of ether oxygens (including phenoxy) is 1. The molecule has 2 aromatic rings. The van der Waals surface area contributed by atoms with Crippen LogP contribution in [0.3, 0.4) is 0 Å². The maximum Gasteiger partial charge on any atom is 0.339 e. The van der Waals surface area contributed by atoms with Crippen LogP contribution in [0.2, 0.25) is 0 Å². The molecule has 5 nitrogen and oxygen atoms in total. The van der Waals surface area contributed by atoms with Crippen LogP contribution >= 0.6 is 11.8 Å². The van der Waals surface area contributed by atoms with Crippen LogP contribution in [0, 0.1) is 11.3 Å². The largest absolute Gasteiger partial charge is 0.452 e. The average Bonchev–Trinajstić information content (AvgIpc) is 2.61. The average molecular weight is 340 g/mol. The minimum absolute atomic E-state index is 0.319. The first-order chi connectivity index (χ1) is 11.7. The topological polar surface area (TPSA) is 79.2 Å². The van der Waals surface area contributed by atoms with Crippen molar-refractivity contribution in [2.45, 2.75) is 16.7 Å². The number of nitrogens with zero attached hydrogens (tertiary/aromatic N) is 1. The van der Waals surface area contributed by atoms with E-state index in [4.69, 9.17) is 4.74 Å². The summed E-state index contributed by atoms with van der Waals surface area (Å²) in [6, 6.07) is 16.2. The molecule has 0 fully saturated rings. The first-order valence-corrected chi connectivity index (χ1v) is 8.17. The molecule has 0 aliphatic heterocycles. The molecule has 0 radical (unpaired) electrons. The third-order valence-electron chi connectivity index (χ3n) is 3.04.